The maximum absolute atomic E-state index is 13.0. The Morgan fingerprint density at radius 2 is 2.08 bits per heavy atom. The van der Waals surface area contributed by atoms with Crippen molar-refractivity contribution in [3.05, 3.63) is 64.8 Å². The van der Waals surface area contributed by atoms with Crippen molar-refractivity contribution >= 4 is 39.2 Å². The Labute approximate surface area is 158 Å². The maximum atomic E-state index is 13.0. The Morgan fingerprint density at radius 3 is 2.81 bits per heavy atom. The first-order valence-corrected chi connectivity index (χ1v) is 8.75. The molecule has 2 aliphatic heterocycles. The molecule has 0 radical (unpaired) electrons. The fourth-order valence-electron chi connectivity index (χ4n) is 3.07. The molecule has 1 amide bonds. The van der Waals surface area contributed by atoms with Gasteiger partial charge >= 0.3 is 0 Å². The molecule has 2 aromatic rings. The molecule has 4 rings (SSSR count). The highest BCUT2D eigenvalue weighted by molar-refractivity contribution is 9.10. The maximum Gasteiger partial charge on any atom is 0.257 e. The van der Waals surface area contributed by atoms with Crippen LogP contribution >= 0.6 is 15.9 Å². The number of aliphatic imine (C=N–C) groups is 1. The topological polar surface area (TPSA) is 79.9 Å². The highest BCUT2D eigenvalue weighted by Gasteiger charge is 2.45. The highest BCUT2D eigenvalue weighted by atomic mass is 79.9. The normalized spacial score (nSPS) is 19.9. The minimum Gasteiger partial charge on any atom is -0.506 e. The van der Waals surface area contributed by atoms with Crippen molar-refractivity contribution < 1.29 is 9.90 Å². The SMILES string of the molecule is N#Cc1ccc(N=C2N(c3ccccc3Br)C(=O)[C@H]3CC=CN23)c(O)c1. The van der Waals surface area contributed by atoms with Gasteiger partial charge in [0.25, 0.3) is 5.91 Å². The average Bonchev–Trinajstić information content (AvgIpc) is 3.21. The Bertz CT molecular complexity index is 1010. The fraction of sp³-hybridized carbons (Fsp3) is 0.105. The first-order valence-electron chi connectivity index (χ1n) is 7.95. The lowest BCUT2D eigenvalue weighted by molar-refractivity contribution is -0.119. The number of anilines is 1. The Balaban J connectivity index is 1.86. The van der Waals surface area contributed by atoms with Gasteiger partial charge in [-0.25, -0.2) is 9.89 Å². The number of fused-ring (bicyclic) bond motifs is 1. The summed E-state index contributed by atoms with van der Waals surface area (Å²) >= 11 is 3.49. The number of halogens is 1. The van der Waals surface area contributed by atoms with E-state index >= 15 is 0 Å². The molecule has 1 N–H and O–H groups in total. The zero-order valence-electron chi connectivity index (χ0n) is 13.5. The van der Waals surface area contributed by atoms with Gasteiger partial charge in [0.05, 0.1) is 17.3 Å². The number of phenolic OH excluding ortho intramolecular Hbond substituents is 1. The molecule has 7 heteroatoms. The van der Waals surface area contributed by atoms with E-state index in [0.717, 1.165) is 4.47 Å². The van der Waals surface area contributed by atoms with Gasteiger partial charge in [0, 0.05) is 10.7 Å². The molecule has 0 bridgehead atoms. The fourth-order valence-corrected chi connectivity index (χ4v) is 3.53. The summed E-state index contributed by atoms with van der Waals surface area (Å²) in [5.74, 6) is 0.233. The molecule has 1 fully saturated rings. The highest BCUT2D eigenvalue weighted by Crippen LogP contribution is 2.37. The minimum atomic E-state index is -0.332. The quantitative estimate of drug-likeness (QED) is 0.821. The average molecular weight is 409 g/mol. The lowest BCUT2D eigenvalue weighted by Gasteiger charge is -2.20. The van der Waals surface area contributed by atoms with Gasteiger partial charge in [0.15, 0.2) is 0 Å². The van der Waals surface area contributed by atoms with E-state index in [2.05, 4.69) is 20.9 Å². The molecule has 0 aliphatic carbocycles. The number of para-hydroxylation sites is 1. The van der Waals surface area contributed by atoms with Crippen molar-refractivity contribution in [1.29, 1.82) is 5.26 Å². The van der Waals surface area contributed by atoms with E-state index in [-0.39, 0.29) is 17.7 Å². The van der Waals surface area contributed by atoms with E-state index < -0.39 is 0 Å². The van der Waals surface area contributed by atoms with Gasteiger partial charge in [-0.1, -0.05) is 18.2 Å². The van der Waals surface area contributed by atoms with E-state index in [1.165, 1.54) is 6.07 Å². The van der Waals surface area contributed by atoms with E-state index in [9.17, 15) is 9.90 Å². The smallest absolute Gasteiger partial charge is 0.257 e. The lowest BCUT2D eigenvalue weighted by atomic mass is 10.2. The summed E-state index contributed by atoms with van der Waals surface area (Å²) in [5, 5.41) is 19.1. The number of rotatable bonds is 2. The standard InChI is InChI=1S/C19H13BrN4O2/c20-13-4-1-2-5-15(13)24-18(26)16-6-3-9-23(16)19(24)22-14-8-7-12(11-21)10-17(14)25/h1-5,7-10,16,25H,6H2/t16-/m1/s1. The number of guanidine groups is 1. The number of phenols is 1. The van der Waals surface area contributed by atoms with Crippen LogP contribution in [0, 0.1) is 11.3 Å². The first kappa shape index (κ1) is 16.4. The number of hydrogen-bond donors (Lipinski definition) is 1. The Hall–Kier alpha value is -3.11. The van der Waals surface area contributed by atoms with Crippen molar-refractivity contribution in [1.82, 2.24) is 4.90 Å². The van der Waals surface area contributed by atoms with Crippen molar-refractivity contribution in [3.8, 4) is 11.8 Å². The summed E-state index contributed by atoms with van der Waals surface area (Å²) in [6, 6.07) is 13.6. The number of benzene rings is 2. The predicted molar refractivity (Wildman–Crippen MR) is 101 cm³/mol. The second-order valence-corrected chi connectivity index (χ2v) is 6.75. The van der Waals surface area contributed by atoms with Crippen molar-refractivity contribution in [2.75, 3.05) is 4.90 Å². The third-order valence-electron chi connectivity index (χ3n) is 4.32. The Morgan fingerprint density at radius 1 is 1.27 bits per heavy atom. The minimum absolute atomic E-state index is 0.0752. The predicted octanol–water partition coefficient (Wildman–Crippen LogP) is 3.65. The third-order valence-corrected chi connectivity index (χ3v) is 4.99. The summed E-state index contributed by atoms with van der Waals surface area (Å²) in [5.41, 5.74) is 1.33. The molecule has 2 heterocycles. The molecule has 26 heavy (non-hydrogen) atoms. The summed E-state index contributed by atoms with van der Waals surface area (Å²) in [6.45, 7) is 0. The summed E-state index contributed by atoms with van der Waals surface area (Å²) in [6.07, 6.45) is 4.37. The summed E-state index contributed by atoms with van der Waals surface area (Å²) in [7, 11) is 0. The van der Waals surface area contributed by atoms with Crippen LogP contribution in [0.15, 0.2) is 64.2 Å². The van der Waals surface area contributed by atoms with Crippen molar-refractivity contribution in [2.45, 2.75) is 12.5 Å². The third kappa shape index (κ3) is 2.55. The van der Waals surface area contributed by atoms with Gasteiger partial charge in [0.2, 0.25) is 5.96 Å². The molecule has 128 valence electrons. The molecule has 0 aromatic heterocycles. The van der Waals surface area contributed by atoms with Crippen LogP contribution in [0.1, 0.15) is 12.0 Å². The largest absolute Gasteiger partial charge is 0.506 e. The first-order chi connectivity index (χ1) is 12.6. The lowest BCUT2D eigenvalue weighted by Crippen LogP contribution is -2.33. The zero-order chi connectivity index (χ0) is 18.3. The zero-order valence-corrected chi connectivity index (χ0v) is 15.1. The van der Waals surface area contributed by atoms with Crippen LogP contribution in [-0.4, -0.2) is 27.9 Å². The van der Waals surface area contributed by atoms with Crippen LogP contribution in [0.4, 0.5) is 11.4 Å². The molecule has 0 saturated carbocycles. The number of nitrogens with zero attached hydrogens (tertiary/aromatic N) is 4. The number of carbonyl (C=O) groups is 1. The second-order valence-electron chi connectivity index (χ2n) is 5.90. The van der Waals surface area contributed by atoms with Crippen molar-refractivity contribution in [3.63, 3.8) is 0 Å². The molecule has 1 atom stereocenters. The monoisotopic (exact) mass is 408 g/mol. The molecule has 2 aromatic carbocycles. The second kappa shape index (κ2) is 6.32. The van der Waals surface area contributed by atoms with Crippen molar-refractivity contribution in [2.24, 2.45) is 4.99 Å². The van der Waals surface area contributed by atoms with Crippen LogP contribution in [-0.2, 0) is 4.79 Å². The number of hydrogen-bond acceptors (Lipinski definition) is 4. The summed E-state index contributed by atoms with van der Waals surface area (Å²) in [4.78, 5) is 20.9. The van der Waals surface area contributed by atoms with Crippen LogP contribution in [0.3, 0.4) is 0 Å². The molecule has 0 unspecified atom stereocenters. The van der Waals surface area contributed by atoms with Gasteiger partial charge in [-0.05, 0) is 52.7 Å². The van der Waals surface area contributed by atoms with E-state index in [1.54, 1.807) is 21.9 Å². The van der Waals surface area contributed by atoms with E-state index in [0.29, 0.717) is 29.3 Å². The van der Waals surface area contributed by atoms with Crippen LogP contribution in [0.5, 0.6) is 5.75 Å². The van der Waals surface area contributed by atoms with Crippen LogP contribution in [0.2, 0.25) is 0 Å². The van der Waals surface area contributed by atoms with Gasteiger partial charge in [-0.15, -0.1) is 0 Å². The number of aromatic hydroxyl groups is 1. The van der Waals surface area contributed by atoms with Gasteiger partial charge in [-0.2, -0.15) is 5.26 Å². The molecule has 1 saturated heterocycles. The molecule has 6 nitrogen and oxygen atoms in total. The molecule has 0 spiro atoms. The summed E-state index contributed by atoms with van der Waals surface area (Å²) < 4.78 is 0.773. The molecular formula is C19H13BrN4O2. The molecule has 2 aliphatic rings. The number of nitriles is 1. The Kier molecular flexibility index (Phi) is 3.98. The van der Waals surface area contributed by atoms with E-state index in [1.807, 2.05) is 42.6 Å². The van der Waals surface area contributed by atoms with Gasteiger partial charge in [-0.3, -0.25) is 4.79 Å². The van der Waals surface area contributed by atoms with E-state index in [4.69, 9.17) is 5.26 Å². The number of carbonyl (C=O) groups excluding carboxylic acids is 1. The van der Waals surface area contributed by atoms with Gasteiger partial charge < -0.3 is 10.0 Å². The van der Waals surface area contributed by atoms with Gasteiger partial charge in [0.1, 0.15) is 17.5 Å². The van der Waals surface area contributed by atoms with Crippen LogP contribution in [0.25, 0.3) is 0 Å². The molecular weight excluding hydrogens is 396 g/mol. The number of amides is 1. The van der Waals surface area contributed by atoms with Crippen LogP contribution < -0.4 is 4.90 Å².